The van der Waals surface area contributed by atoms with Gasteiger partial charge in [-0.05, 0) is 50.2 Å². The average molecular weight is 531 g/mol. The highest BCUT2D eigenvalue weighted by atomic mass is 16.5. The first-order valence-corrected chi connectivity index (χ1v) is 16.6. The minimum Gasteiger partial charge on any atom is -0.507 e. The largest absolute Gasteiger partial charge is 0.507 e. The van der Waals surface area contributed by atoms with Crippen molar-refractivity contribution in [3.05, 3.63) is 28.8 Å². The maximum Gasteiger partial charge on any atom is 0.313 e. The lowest BCUT2D eigenvalue weighted by Gasteiger charge is -2.18. The smallest absolute Gasteiger partial charge is 0.313 e. The number of hydrogen-bond acceptors (Lipinski definition) is 3. The molecule has 0 aromatic heterocycles. The number of carbonyl (C=O) groups is 1. The van der Waals surface area contributed by atoms with E-state index in [0.29, 0.717) is 17.9 Å². The molecule has 1 rings (SSSR count). The highest BCUT2D eigenvalue weighted by Gasteiger charge is 2.23. The number of unbranched alkanes of at least 4 members (excludes halogenated alkanes) is 17. The van der Waals surface area contributed by atoms with Crippen molar-refractivity contribution in [2.45, 2.75) is 175 Å². The second-order valence-corrected chi connectivity index (χ2v) is 11.5. The first-order valence-electron chi connectivity index (χ1n) is 16.6. The Morgan fingerprint density at radius 1 is 0.658 bits per heavy atom. The summed E-state index contributed by atoms with van der Waals surface area (Å²) in [5.74, 6) is -0.334. The lowest BCUT2D eigenvalue weighted by molar-refractivity contribution is -0.145. The molecule has 1 unspecified atom stereocenters. The van der Waals surface area contributed by atoms with Crippen LogP contribution in [0.15, 0.2) is 12.1 Å². The van der Waals surface area contributed by atoms with Gasteiger partial charge in [0.15, 0.2) is 0 Å². The molecule has 220 valence electrons. The predicted octanol–water partition coefficient (Wildman–Crippen LogP) is 11.0. The van der Waals surface area contributed by atoms with Crippen LogP contribution in [-0.4, -0.2) is 17.7 Å². The zero-order valence-electron chi connectivity index (χ0n) is 25.8. The van der Waals surface area contributed by atoms with Crippen LogP contribution in [0.2, 0.25) is 0 Å². The monoisotopic (exact) mass is 530 g/mol. The average Bonchev–Trinajstić information content (AvgIpc) is 2.92. The van der Waals surface area contributed by atoms with Gasteiger partial charge >= 0.3 is 5.97 Å². The topological polar surface area (TPSA) is 46.5 Å². The Morgan fingerprint density at radius 2 is 1.11 bits per heavy atom. The van der Waals surface area contributed by atoms with Crippen LogP contribution >= 0.6 is 0 Å². The predicted molar refractivity (Wildman–Crippen MR) is 164 cm³/mol. The fourth-order valence-corrected chi connectivity index (χ4v) is 5.35. The van der Waals surface area contributed by atoms with Crippen LogP contribution in [0.4, 0.5) is 0 Å². The van der Waals surface area contributed by atoms with Gasteiger partial charge in [-0.1, -0.05) is 142 Å². The molecule has 3 heteroatoms. The van der Waals surface area contributed by atoms with Gasteiger partial charge in [0.05, 0.1) is 12.5 Å². The standard InChI is InChI=1S/C35H62O3/c1-5-8-11-12-13-14-15-16-17-18-19-20-21-22-23-24-29-38-35(37)30(4)32-28-27-31(25-9-6-2)33(34(32)36)26-10-7-3/h27-28,30,36H,5-26,29H2,1-4H3. The van der Waals surface area contributed by atoms with Gasteiger partial charge in [0.2, 0.25) is 0 Å². The fourth-order valence-electron chi connectivity index (χ4n) is 5.35. The van der Waals surface area contributed by atoms with E-state index in [1.54, 1.807) is 0 Å². The number of esters is 1. The minimum atomic E-state index is -0.434. The number of ether oxygens (including phenoxy) is 1. The summed E-state index contributed by atoms with van der Waals surface area (Å²) in [6.45, 7) is 8.99. The van der Waals surface area contributed by atoms with Crippen LogP contribution in [0.1, 0.15) is 179 Å². The van der Waals surface area contributed by atoms with Gasteiger partial charge in [0, 0.05) is 5.56 Å². The van der Waals surface area contributed by atoms with Crippen molar-refractivity contribution in [3.63, 3.8) is 0 Å². The molecule has 0 amide bonds. The summed E-state index contributed by atoms with van der Waals surface area (Å²) in [5, 5.41) is 11.0. The van der Waals surface area contributed by atoms with Gasteiger partial charge in [-0.15, -0.1) is 0 Å². The van der Waals surface area contributed by atoms with Crippen molar-refractivity contribution >= 4 is 5.97 Å². The van der Waals surface area contributed by atoms with Crippen LogP contribution in [0, 0.1) is 0 Å². The number of phenols is 1. The molecule has 0 aliphatic carbocycles. The molecule has 0 heterocycles. The van der Waals surface area contributed by atoms with E-state index >= 15 is 0 Å². The maximum atomic E-state index is 12.7. The summed E-state index contributed by atoms with van der Waals surface area (Å²) >= 11 is 0. The first-order chi connectivity index (χ1) is 18.6. The van der Waals surface area contributed by atoms with Crippen LogP contribution in [-0.2, 0) is 22.4 Å². The molecular weight excluding hydrogens is 468 g/mol. The van der Waals surface area contributed by atoms with Crippen LogP contribution < -0.4 is 0 Å². The molecule has 1 atom stereocenters. The molecule has 0 saturated carbocycles. The highest BCUT2D eigenvalue weighted by Crippen LogP contribution is 2.34. The molecule has 0 fully saturated rings. The molecule has 0 aliphatic heterocycles. The first kappa shape index (κ1) is 34.5. The van der Waals surface area contributed by atoms with Crippen molar-refractivity contribution in [3.8, 4) is 5.75 Å². The Balaban J connectivity index is 2.17. The highest BCUT2D eigenvalue weighted by molar-refractivity contribution is 5.79. The van der Waals surface area contributed by atoms with Crippen molar-refractivity contribution in [1.29, 1.82) is 0 Å². The van der Waals surface area contributed by atoms with E-state index in [1.165, 1.54) is 95.5 Å². The fraction of sp³-hybridized carbons (Fsp3) is 0.800. The van der Waals surface area contributed by atoms with Crippen LogP contribution in [0.5, 0.6) is 5.75 Å². The summed E-state index contributed by atoms with van der Waals surface area (Å²) in [6.07, 6.45) is 27.6. The van der Waals surface area contributed by atoms with Crippen molar-refractivity contribution in [1.82, 2.24) is 0 Å². The Kier molecular flexibility index (Phi) is 21.2. The third kappa shape index (κ3) is 15.2. The van der Waals surface area contributed by atoms with Crippen molar-refractivity contribution in [2.75, 3.05) is 6.61 Å². The molecule has 1 aromatic carbocycles. The van der Waals surface area contributed by atoms with E-state index in [0.717, 1.165) is 56.9 Å². The Bertz CT molecular complexity index is 711. The Morgan fingerprint density at radius 3 is 1.61 bits per heavy atom. The third-order valence-electron chi connectivity index (χ3n) is 8.05. The van der Waals surface area contributed by atoms with Crippen molar-refractivity contribution < 1.29 is 14.6 Å². The van der Waals surface area contributed by atoms with E-state index in [1.807, 2.05) is 13.0 Å². The van der Waals surface area contributed by atoms with Gasteiger partial charge < -0.3 is 9.84 Å². The van der Waals surface area contributed by atoms with E-state index in [-0.39, 0.29) is 5.97 Å². The quantitative estimate of drug-likeness (QED) is 0.101. The number of benzene rings is 1. The number of phenolic OH excluding ortho intramolecular Hbond substituents is 1. The Labute approximate surface area is 236 Å². The lowest BCUT2D eigenvalue weighted by Crippen LogP contribution is -2.15. The zero-order valence-corrected chi connectivity index (χ0v) is 25.8. The third-order valence-corrected chi connectivity index (χ3v) is 8.05. The molecule has 1 aromatic rings. The summed E-state index contributed by atoms with van der Waals surface area (Å²) in [5.41, 5.74) is 2.99. The normalized spacial score (nSPS) is 12.1. The van der Waals surface area contributed by atoms with Crippen molar-refractivity contribution in [2.24, 2.45) is 0 Å². The molecule has 0 bridgehead atoms. The van der Waals surface area contributed by atoms with Gasteiger partial charge in [0.25, 0.3) is 0 Å². The van der Waals surface area contributed by atoms with Gasteiger partial charge in [-0.25, -0.2) is 0 Å². The van der Waals surface area contributed by atoms with Gasteiger partial charge in [-0.2, -0.15) is 0 Å². The second kappa shape index (κ2) is 23.4. The zero-order chi connectivity index (χ0) is 27.8. The van der Waals surface area contributed by atoms with Crippen LogP contribution in [0.3, 0.4) is 0 Å². The number of aryl methyl sites for hydroxylation is 1. The Hall–Kier alpha value is -1.51. The number of aromatic hydroxyl groups is 1. The molecule has 0 saturated heterocycles. The van der Waals surface area contributed by atoms with E-state index in [4.69, 9.17) is 4.74 Å². The molecular formula is C35H62O3. The number of hydrogen-bond donors (Lipinski definition) is 1. The van der Waals surface area contributed by atoms with Gasteiger partial charge in [-0.3, -0.25) is 4.79 Å². The summed E-state index contributed by atoms with van der Waals surface area (Å²) in [4.78, 5) is 12.7. The van der Waals surface area contributed by atoms with E-state index < -0.39 is 5.92 Å². The second-order valence-electron chi connectivity index (χ2n) is 11.5. The molecule has 38 heavy (non-hydrogen) atoms. The van der Waals surface area contributed by atoms with E-state index in [2.05, 4.69) is 26.8 Å². The summed E-state index contributed by atoms with van der Waals surface area (Å²) in [7, 11) is 0. The molecule has 0 aliphatic rings. The van der Waals surface area contributed by atoms with E-state index in [9.17, 15) is 9.90 Å². The number of carbonyl (C=O) groups excluding carboxylic acids is 1. The molecule has 0 spiro atoms. The molecule has 0 radical (unpaired) electrons. The SMILES string of the molecule is CCCCCCCCCCCCCCCCCCOC(=O)C(C)c1ccc(CCCC)c(CCCC)c1O. The lowest BCUT2D eigenvalue weighted by atomic mass is 9.90. The maximum absolute atomic E-state index is 12.7. The summed E-state index contributed by atoms with van der Waals surface area (Å²) < 4.78 is 5.60. The minimum absolute atomic E-state index is 0.219. The summed E-state index contributed by atoms with van der Waals surface area (Å²) in [6, 6.07) is 4.06. The van der Waals surface area contributed by atoms with Gasteiger partial charge in [0.1, 0.15) is 5.75 Å². The number of rotatable bonds is 25. The van der Waals surface area contributed by atoms with Crippen LogP contribution in [0.25, 0.3) is 0 Å². The molecule has 3 nitrogen and oxygen atoms in total. The molecule has 1 N–H and O–H groups in total.